The topological polar surface area (TPSA) is 63.3 Å². The summed E-state index contributed by atoms with van der Waals surface area (Å²) in [4.78, 5) is 9.76. The highest BCUT2D eigenvalue weighted by atomic mass is 32.1. The van der Waals surface area contributed by atoms with Crippen molar-refractivity contribution in [2.24, 2.45) is 5.73 Å². The van der Waals surface area contributed by atoms with Crippen LogP contribution in [0, 0.1) is 0 Å². The fourth-order valence-electron chi connectivity index (χ4n) is 0.0781. The van der Waals surface area contributed by atoms with Gasteiger partial charge < -0.3 is 10.8 Å². The van der Waals surface area contributed by atoms with Crippen molar-refractivity contribution in [3.63, 3.8) is 0 Å². The van der Waals surface area contributed by atoms with Crippen LogP contribution in [0.4, 0.5) is 0 Å². The zero-order valence-electron chi connectivity index (χ0n) is 3.66. The van der Waals surface area contributed by atoms with Gasteiger partial charge in [0, 0.05) is 5.75 Å². The SMILES string of the molecule is N[14C@@H](CS)C(=O)O. The predicted molar refractivity (Wildman–Crippen MR) is 29.5 cm³/mol. The van der Waals surface area contributed by atoms with E-state index in [1.165, 1.54) is 0 Å². The first-order valence-corrected chi connectivity index (χ1v) is 2.41. The molecule has 0 radical (unpaired) electrons. The number of aliphatic carboxylic acids is 1. The Morgan fingerprint density at radius 1 is 2.00 bits per heavy atom. The van der Waals surface area contributed by atoms with Crippen LogP contribution in [0.1, 0.15) is 0 Å². The Labute approximate surface area is 46.9 Å². The number of hydrogen-bond donors (Lipinski definition) is 3. The predicted octanol–water partition coefficient (Wildman–Crippen LogP) is -0.672. The lowest BCUT2D eigenvalue weighted by Crippen LogP contribution is -2.31. The first-order valence-electron chi connectivity index (χ1n) is 1.77. The minimum atomic E-state index is -1.00. The quantitative estimate of drug-likeness (QED) is 0.427. The van der Waals surface area contributed by atoms with Crippen LogP contribution in [0.3, 0.4) is 0 Å². The molecule has 1 atom stereocenters. The maximum atomic E-state index is 9.76. The summed E-state index contributed by atoms with van der Waals surface area (Å²) in [6.45, 7) is 0. The van der Waals surface area contributed by atoms with Crippen LogP contribution >= 0.6 is 12.6 Å². The minimum Gasteiger partial charge on any atom is -0.480 e. The van der Waals surface area contributed by atoms with Crippen LogP contribution in [-0.4, -0.2) is 22.9 Å². The summed E-state index contributed by atoms with van der Waals surface area (Å²) in [5, 5.41) is 8.01. The summed E-state index contributed by atoms with van der Waals surface area (Å²) in [6, 6.07) is -0.816. The number of rotatable bonds is 2. The van der Waals surface area contributed by atoms with Gasteiger partial charge in [-0.05, 0) is 0 Å². The second-order valence-electron chi connectivity index (χ2n) is 1.13. The minimum absolute atomic E-state index is 0.190. The molecule has 7 heavy (non-hydrogen) atoms. The van der Waals surface area contributed by atoms with Crippen LogP contribution < -0.4 is 5.73 Å². The lowest BCUT2D eigenvalue weighted by atomic mass is 11.1. The standard InChI is InChI=1S/C3H7NO2S/c4-2(1-7)3(5)6/h2,7H,1,4H2,(H,5,6)/t2-/m0/s1/i2+2. The summed E-state index contributed by atoms with van der Waals surface area (Å²) in [5.41, 5.74) is 4.94. The average Bonchev–Trinajstić information content (AvgIpc) is 1.65. The zero-order chi connectivity index (χ0) is 5.86. The molecule has 0 saturated carbocycles. The molecule has 0 amide bonds. The van der Waals surface area contributed by atoms with Crippen molar-refractivity contribution in [2.45, 2.75) is 6.04 Å². The second kappa shape index (κ2) is 2.87. The number of nitrogens with two attached hydrogens (primary N) is 1. The van der Waals surface area contributed by atoms with E-state index in [1.807, 2.05) is 0 Å². The number of hydrogen-bond acceptors (Lipinski definition) is 3. The van der Waals surface area contributed by atoms with E-state index in [1.54, 1.807) is 0 Å². The molecule has 0 heterocycles. The molecule has 0 saturated heterocycles. The molecule has 3 N–H and O–H groups in total. The molecule has 3 nitrogen and oxygen atoms in total. The fourth-order valence-corrected chi connectivity index (χ4v) is 0.234. The van der Waals surface area contributed by atoms with Crippen molar-refractivity contribution in [3.8, 4) is 0 Å². The molecule has 0 bridgehead atoms. The van der Waals surface area contributed by atoms with E-state index in [0.717, 1.165) is 0 Å². The molecule has 0 aromatic carbocycles. The third-order valence-electron chi connectivity index (χ3n) is 0.514. The van der Waals surface area contributed by atoms with Crippen molar-refractivity contribution < 1.29 is 9.90 Å². The van der Waals surface area contributed by atoms with E-state index < -0.39 is 12.0 Å². The van der Waals surface area contributed by atoms with Crippen molar-refractivity contribution in [3.05, 3.63) is 0 Å². The zero-order valence-corrected chi connectivity index (χ0v) is 4.56. The van der Waals surface area contributed by atoms with E-state index in [-0.39, 0.29) is 5.75 Å². The molecule has 0 aliphatic rings. The number of carbonyl (C=O) groups is 1. The highest BCUT2D eigenvalue weighted by molar-refractivity contribution is 7.80. The third-order valence-corrected chi connectivity index (χ3v) is 0.907. The van der Waals surface area contributed by atoms with Gasteiger partial charge in [0.1, 0.15) is 6.04 Å². The molecular weight excluding hydrogens is 116 g/mol. The fraction of sp³-hybridized carbons (Fsp3) is 0.667. The Balaban J connectivity index is 3.34. The van der Waals surface area contributed by atoms with Crippen molar-refractivity contribution >= 4 is 18.6 Å². The molecular formula is C3H7NO2S. The lowest BCUT2D eigenvalue weighted by molar-refractivity contribution is -0.137. The Morgan fingerprint density at radius 2 is 2.43 bits per heavy atom. The Morgan fingerprint density at radius 3 is 2.43 bits per heavy atom. The van der Waals surface area contributed by atoms with Gasteiger partial charge in [0.25, 0.3) is 0 Å². The molecule has 0 aliphatic heterocycles. The van der Waals surface area contributed by atoms with Crippen LogP contribution in [0.25, 0.3) is 0 Å². The highest BCUT2D eigenvalue weighted by Gasteiger charge is 2.06. The smallest absolute Gasteiger partial charge is 0.321 e. The normalized spacial score (nSPS) is 13.4. The van der Waals surface area contributed by atoms with Crippen molar-refractivity contribution in [1.29, 1.82) is 0 Å². The highest BCUT2D eigenvalue weighted by Crippen LogP contribution is 1.80. The molecule has 0 aromatic heterocycles. The molecule has 4 heteroatoms. The summed E-state index contributed by atoms with van der Waals surface area (Å²) in [6.07, 6.45) is 0. The van der Waals surface area contributed by atoms with E-state index in [2.05, 4.69) is 12.6 Å². The average molecular weight is 123 g/mol. The number of thiol groups is 1. The van der Waals surface area contributed by atoms with Gasteiger partial charge >= 0.3 is 5.97 Å². The van der Waals surface area contributed by atoms with Gasteiger partial charge in [-0.3, -0.25) is 4.79 Å². The van der Waals surface area contributed by atoms with Crippen molar-refractivity contribution in [1.82, 2.24) is 0 Å². The van der Waals surface area contributed by atoms with Gasteiger partial charge in [-0.15, -0.1) is 0 Å². The Hall–Kier alpha value is -0.220. The van der Waals surface area contributed by atoms with E-state index in [0.29, 0.717) is 0 Å². The molecule has 0 spiro atoms. The maximum Gasteiger partial charge on any atom is 0.321 e. The van der Waals surface area contributed by atoms with Gasteiger partial charge in [-0.25, -0.2) is 0 Å². The van der Waals surface area contributed by atoms with Gasteiger partial charge in [0.05, 0.1) is 0 Å². The third kappa shape index (κ3) is 2.47. The molecule has 0 aliphatic carbocycles. The largest absolute Gasteiger partial charge is 0.480 e. The molecule has 0 aromatic rings. The first-order chi connectivity index (χ1) is 3.18. The van der Waals surface area contributed by atoms with Crippen LogP contribution in [0.5, 0.6) is 0 Å². The number of carboxylic acids is 1. The van der Waals surface area contributed by atoms with Crippen LogP contribution in [-0.2, 0) is 4.79 Å². The molecule has 0 unspecified atom stereocenters. The maximum absolute atomic E-state index is 9.76. The van der Waals surface area contributed by atoms with E-state index in [9.17, 15) is 4.79 Å². The summed E-state index contributed by atoms with van der Waals surface area (Å²) in [5.74, 6) is -0.815. The van der Waals surface area contributed by atoms with Gasteiger partial charge in [-0.2, -0.15) is 12.6 Å². The summed E-state index contributed by atoms with van der Waals surface area (Å²) >= 11 is 3.65. The number of carboxylic acid groups (broad SMARTS) is 1. The molecule has 42 valence electrons. The Bertz CT molecular complexity index is 75.3. The van der Waals surface area contributed by atoms with Crippen LogP contribution in [0.2, 0.25) is 0 Å². The Kier molecular flexibility index (Phi) is 2.78. The lowest BCUT2D eigenvalue weighted by Gasteiger charge is -1.96. The van der Waals surface area contributed by atoms with Gasteiger partial charge in [-0.1, -0.05) is 0 Å². The monoisotopic (exact) mass is 123 g/mol. The van der Waals surface area contributed by atoms with Crippen LogP contribution in [0.15, 0.2) is 0 Å². The van der Waals surface area contributed by atoms with Crippen molar-refractivity contribution in [2.75, 3.05) is 5.75 Å². The van der Waals surface area contributed by atoms with E-state index in [4.69, 9.17) is 10.8 Å². The van der Waals surface area contributed by atoms with E-state index >= 15 is 0 Å². The van der Waals surface area contributed by atoms with Gasteiger partial charge in [0.15, 0.2) is 0 Å². The molecule has 0 fully saturated rings. The molecule has 0 rings (SSSR count). The second-order valence-corrected chi connectivity index (χ2v) is 1.49. The van der Waals surface area contributed by atoms with Gasteiger partial charge in [0.2, 0.25) is 0 Å². The summed E-state index contributed by atoms with van der Waals surface area (Å²) in [7, 11) is 0. The summed E-state index contributed by atoms with van der Waals surface area (Å²) < 4.78 is 0. The first kappa shape index (κ1) is 6.78.